The smallest absolute Gasteiger partial charge is 0.253 e. The maximum absolute atomic E-state index is 15.0. The number of likely N-dealkylation sites (tertiary alicyclic amines) is 1. The Bertz CT molecular complexity index is 1420. The molecule has 6 atom stereocenters. The first-order valence-electron chi connectivity index (χ1n) is 16.0. The van der Waals surface area contributed by atoms with Crippen molar-refractivity contribution in [1.29, 1.82) is 0 Å². The topological polar surface area (TPSA) is 90.4 Å². The first kappa shape index (κ1) is 32.9. The lowest BCUT2D eigenvalue weighted by Crippen LogP contribution is -2.59. The Hall–Kier alpha value is -3.46. The number of benzene rings is 2. The molecule has 1 spiro atoms. The molecule has 2 aromatic carbocycles. The van der Waals surface area contributed by atoms with E-state index in [2.05, 4.69) is 13.2 Å². The Kier molecular flexibility index (Phi) is 9.87. The van der Waals surface area contributed by atoms with Crippen molar-refractivity contribution in [2.24, 2.45) is 11.8 Å². The van der Waals surface area contributed by atoms with Crippen LogP contribution < -0.4 is 4.90 Å². The molecule has 3 amide bonds. The van der Waals surface area contributed by atoms with Crippen molar-refractivity contribution in [3.8, 4) is 0 Å². The van der Waals surface area contributed by atoms with Crippen LogP contribution in [0.15, 0.2) is 79.9 Å². The third kappa shape index (κ3) is 5.62. The van der Waals surface area contributed by atoms with E-state index in [1.54, 1.807) is 51.1 Å². The zero-order valence-electron chi connectivity index (χ0n) is 26.2. The Balaban J connectivity index is 1.65. The van der Waals surface area contributed by atoms with Crippen LogP contribution in [0.2, 0.25) is 5.02 Å². The third-order valence-corrected chi connectivity index (χ3v) is 10.2. The summed E-state index contributed by atoms with van der Waals surface area (Å²) in [7, 11) is 0. The molecule has 0 saturated carbocycles. The van der Waals surface area contributed by atoms with Gasteiger partial charge in [0.05, 0.1) is 30.1 Å². The third-order valence-electron chi connectivity index (χ3n) is 9.91. The average Bonchev–Trinajstić information content (AvgIpc) is 3.66. The lowest BCUT2D eigenvalue weighted by atomic mass is 9.64. The molecule has 0 aromatic heterocycles. The Labute approximate surface area is 271 Å². The molecule has 3 aliphatic heterocycles. The number of fused-ring (bicyclic) bond motifs is 1. The fraction of sp³-hybridized carbons (Fsp3) is 0.472. The number of amides is 3. The molecular weight excluding hydrogens is 590 g/mol. The lowest BCUT2D eigenvalue weighted by Gasteiger charge is -2.39. The van der Waals surface area contributed by atoms with E-state index in [4.69, 9.17) is 16.3 Å². The van der Waals surface area contributed by atoms with Gasteiger partial charge in [0.15, 0.2) is 0 Å². The summed E-state index contributed by atoms with van der Waals surface area (Å²) in [6.45, 7) is 12.5. The van der Waals surface area contributed by atoms with Crippen LogP contribution in [-0.2, 0) is 25.5 Å². The number of hydrogen-bond donors (Lipinski definition) is 1. The number of nitrogens with zero attached hydrogens (tertiary/aromatic N) is 3. The van der Waals surface area contributed by atoms with Crippen molar-refractivity contribution in [3.63, 3.8) is 0 Å². The molecular formula is C36H44ClN3O5. The van der Waals surface area contributed by atoms with Crippen LogP contribution in [0.4, 0.5) is 5.69 Å². The van der Waals surface area contributed by atoms with E-state index in [9.17, 15) is 19.5 Å². The van der Waals surface area contributed by atoms with Crippen LogP contribution in [0.3, 0.4) is 0 Å². The Morgan fingerprint density at radius 1 is 1.07 bits per heavy atom. The number of anilines is 1. The molecule has 3 heterocycles. The molecule has 2 unspecified atom stereocenters. The summed E-state index contributed by atoms with van der Waals surface area (Å²) >= 11 is 6.18. The van der Waals surface area contributed by atoms with E-state index in [0.717, 1.165) is 12.0 Å². The summed E-state index contributed by atoms with van der Waals surface area (Å²) in [6.07, 6.45) is 5.98. The molecule has 8 nitrogen and oxygen atoms in total. The summed E-state index contributed by atoms with van der Waals surface area (Å²) in [5, 5.41) is 11.3. The van der Waals surface area contributed by atoms with E-state index < -0.39 is 35.1 Å². The van der Waals surface area contributed by atoms with Gasteiger partial charge in [0.1, 0.15) is 11.6 Å². The van der Waals surface area contributed by atoms with Gasteiger partial charge in [-0.15, -0.1) is 13.2 Å². The number of aliphatic hydroxyl groups is 1. The second kappa shape index (κ2) is 13.5. The van der Waals surface area contributed by atoms with Gasteiger partial charge in [-0.3, -0.25) is 14.4 Å². The number of rotatable bonds is 14. The zero-order chi connectivity index (χ0) is 32.4. The maximum Gasteiger partial charge on any atom is 0.253 e. The zero-order valence-corrected chi connectivity index (χ0v) is 27.0. The largest absolute Gasteiger partial charge is 0.394 e. The van der Waals surface area contributed by atoms with Crippen LogP contribution in [0.5, 0.6) is 0 Å². The normalized spacial score (nSPS) is 27.2. The first-order valence-corrected chi connectivity index (χ1v) is 16.3. The van der Waals surface area contributed by atoms with Crippen LogP contribution in [0, 0.1) is 11.8 Å². The van der Waals surface area contributed by atoms with E-state index in [0.29, 0.717) is 49.5 Å². The summed E-state index contributed by atoms with van der Waals surface area (Å²) in [4.78, 5) is 49.2. The van der Waals surface area contributed by atoms with Gasteiger partial charge in [-0.1, -0.05) is 67.9 Å². The predicted molar refractivity (Wildman–Crippen MR) is 176 cm³/mol. The Morgan fingerprint density at radius 3 is 2.36 bits per heavy atom. The monoisotopic (exact) mass is 633 g/mol. The molecule has 45 heavy (non-hydrogen) atoms. The van der Waals surface area contributed by atoms with Crippen molar-refractivity contribution in [1.82, 2.24) is 9.80 Å². The van der Waals surface area contributed by atoms with E-state index >= 15 is 0 Å². The fourth-order valence-corrected chi connectivity index (χ4v) is 8.10. The van der Waals surface area contributed by atoms with E-state index in [-0.39, 0.29) is 30.9 Å². The minimum atomic E-state index is -1.23. The Morgan fingerprint density at radius 2 is 1.76 bits per heavy atom. The lowest BCUT2D eigenvalue weighted by molar-refractivity contribution is -0.153. The molecule has 240 valence electrons. The number of halogens is 1. The fourth-order valence-electron chi connectivity index (χ4n) is 7.98. The van der Waals surface area contributed by atoms with Gasteiger partial charge in [0, 0.05) is 30.3 Å². The molecule has 3 fully saturated rings. The van der Waals surface area contributed by atoms with Gasteiger partial charge >= 0.3 is 0 Å². The van der Waals surface area contributed by atoms with Crippen LogP contribution in [-0.4, -0.2) is 82.2 Å². The highest BCUT2D eigenvalue weighted by Gasteiger charge is 2.79. The molecule has 2 aromatic rings. The van der Waals surface area contributed by atoms with Gasteiger partial charge < -0.3 is 24.5 Å². The molecule has 3 saturated heterocycles. The molecule has 3 aliphatic rings. The summed E-state index contributed by atoms with van der Waals surface area (Å²) < 4.78 is 7.01. The minimum Gasteiger partial charge on any atom is -0.394 e. The molecule has 2 bridgehead atoms. The van der Waals surface area contributed by atoms with E-state index in [1.807, 2.05) is 44.2 Å². The number of ether oxygens (including phenoxy) is 1. The van der Waals surface area contributed by atoms with Gasteiger partial charge in [-0.2, -0.15) is 0 Å². The summed E-state index contributed by atoms with van der Waals surface area (Å²) in [5.74, 6) is -2.42. The van der Waals surface area contributed by atoms with Crippen molar-refractivity contribution >= 4 is 35.0 Å². The van der Waals surface area contributed by atoms with Gasteiger partial charge in [-0.25, -0.2) is 0 Å². The average molecular weight is 634 g/mol. The number of carbonyl (C=O) groups is 3. The number of hydrogen-bond acceptors (Lipinski definition) is 5. The number of aliphatic hydroxyl groups excluding tert-OH is 1. The van der Waals surface area contributed by atoms with Crippen molar-refractivity contribution < 1.29 is 24.2 Å². The first-order chi connectivity index (χ1) is 21.7. The second-order valence-electron chi connectivity index (χ2n) is 12.4. The second-order valence-corrected chi connectivity index (χ2v) is 12.8. The molecule has 0 aliphatic carbocycles. The molecule has 9 heteroatoms. The van der Waals surface area contributed by atoms with Crippen molar-refractivity contribution in [2.45, 2.75) is 69.2 Å². The predicted octanol–water partition coefficient (Wildman–Crippen LogP) is 5.04. The highest BCUT2D eigenvalue weighted by Crippen LogP contribution is 2.65. The molecule has 0 radical (unpaired) electrons. The quantitative estimate of drug-likeness (QED) is 0.295. The summed E-state index contributed by atoms with van der Waals surface area (Å²) in [6, 6.07) is 14.8. The van der Waals surface area contributed by atoms with Gasteiger partial charge in [0.25, 0.3) is 5.91 Å². The maximum atomic E-state index is 15.0. The summed E-state index contributed by atoms with van der Waals surface area (Å²) in [5.41, 5.74) is -0.571. The van der Waals surface area contributed by atoms with Crippen LogP contribution >= 0.6 is 11.6 Å². The highest BCUT2D eigenvalue weighted by molar-refractivity contribution is 6.30. The highest BCUT2D eigenvalue weighted by atomic mass is 35.5. The van der Waals surface area contributed by atoms with Gasteiger partial charge in [-0.05, 0) is 61.9 Å². The van der Waals surface area contributed by atoms with Gasteiger partial charge in [0.2, 0.25) is 11.8 Å². The van der Waals surface area contributed by atoms with Crippen LogP contribution in [0.25, 0.3) is 0 Å². The van der Waals surface area contributed by atoms with Crippen molar-refractivity contribution in [2.75, 3.05) is 31.1 Å². The SMILES string of the molecule is C=CCN(CCC)C(=O)[C@H]1[C@H]2C(=O)N([C@@H](CO)Cc3ccccc3)C(C(=O)N(CC=C)c3ccc(Cl)cc3)C23CC[C@]1(CC)O3. The standard InChI is InChI=1S/C36H44ClN3O5/c1-5-20-38(21-6-2)32(42)29-30-33(43)40(28(24-41)23-25-12-10-9-11-13-25)31(36(30)19-18-35(29,8-4)45-36)34(44)39(22-7-3)27-16-14-26(37)15-17-27/h5,7,9-17,28-31,41H,1,3,6,8,18-24H2,2,4H3/t28-,29-,30+,31?,35+,36?/m1/s1. The minimum absolute atomic E-state index is 0.143. The molecule has 5 rings (SSSR count). The number of carbonyl (C=O) groups excluding carboxylic acids is 3. The van der Waals surface area contributed by atoms with Crippen molar-refractivity contribution in [3.05, 3.63) is 90.5 Å². The van der Waals surface area contributed by atoms with Crippen LogP contribution in [0.1, 0.15) is 45.1 Å². The van der Waals surface area contributed by atoms with E-state index in [1.165, 1.54) is 0 Å². The molecule has 1 N–H and O–H groups in total.